The molecule has 2 aromatic rings. The third-order valence-corrected chi connectivity index (χ3v) is 5.96. The Bertz CT molecular complexity index is 958. The number of halogens is 3. The number of nitrogens with one attached hydrogen (secondary N) is 2. The molecule has 1 saturated carbocycles. The fourth-order valence-corrected chi connectivity index (χ4v) is 4.53. The van der Waals surface area contributed by atoms with Gasteiger partial charge in [0.15, 0.2) is 0 Å². The van der Waals surface area contributed by atoms with Gasteiger partial charge in [-0.1, -0.05) is 0 Å². The molecule has 10 heteroatoms. The lowest BCUT2D eigenvalue weighted by Gasteiger charge is -2.44. The van der Waals surface area contributed by atoms with Gasteiger partial charge in [0.05, 0.1) is 30.5 Å². The Morgan fingerprint density at radius 2 is 2.07 bits per heavy atom. The fourth-order valence-electron chi connectivity index (χ4n) is 4.53. The third-order valence-electron chi connectivity index (χ3n) is 5.96. The van der Waals surface area contributed by atoms with Gasteiger partial charge >= 0.3 is 6.18 Å². The maximum atomic E-state index is 12.8. The van der Waals surface area contributed by atoms with E-state index in [1.807, 2.05) is 12.1 Å². The van der Waals surface area contributed by atoms with Gasteiger partial charge in [-0.2, -0.15) is 18.4 Å². The second kappa shape index (κ2) is 8.14. The number of amides is 1. The SMILES string of the molecule is N#CCN1CN(C2CCC(CNCC(F)(F)F)CC2)c2c(cnc3[nH]ccc23)C1=O. The van der Waals surface area contributed by atoms with Gasteiger partial charge in [0.2, 0.25) is 0 Å². The summed E-state index contributed by atoms with van der Waals surface area (Å²) in [5, 5.41) is 12.5. The van der Waals surface area contributed by atoms with Gasteiger partial charge in [0.1, 0.15) is 12.2 Å². The van der Waals surface area contributed by atoms with Crippen LogP contribution in [0.2, 0.25) is 0 Å². The van der Waals surface area contributed by atoms with E-state index in [2.05, 4.69) is 20.2 Å². The summed E-state index contributed by atoms with van der Waals surface area (Å²) in [5.74, 6) is -0.00198. The molecule has 1 aliphatic heterocycles. The number of aromatic amines is 1. The molecule has 0 bridgehead atoms. The molecule has 0 spiro atoms. The van der Waals surface area contributed by atoms with Crippen molar-refractivity contribution in [2.75, 3.05) is 31.2 Å². The highest BCUT2D eigenvalue weighted by atomic mass is 19.4. The van der Waals surface area contributed by atoms with Crippen LogP contribution in [0.4, 0.5) is 18.9 Å². The quantitative estimate of drug-likeness (QED) is 0.726. The molecule has 0 unspecified atom stereocenters. The second-order valence-corrected chi connectivity index (χ2v) is 7.95. The Kier molecular flexibility index (Phi) is 5.56. The van der Waals surface area contributed by atoms with Crippen molar-refractivity contribution < 1.29 is 18.0 Å². The third kappa shape index (κ3) is 4.07. The van der Waals surface area contributed by atoms with Gasteiger partial charge < -0.3 is 20.1 Å². The molecule has 2 aliphatic rings. The number of aromatic nitrogens is 2. The minimum absolute atomic E-state index is 0.00332. The van der Waals surface area contributed by atoms with Crippen LogP contribution >= 0.6 is 0 Å². The molecule has 0 saturated heterocycles. The highest BCUT2D eigenvalue weighted by Crippen LogP contribution is 2.38. The summed E-state index contributed by atoms with van der Waals surface area (Å²) < 4.78 is 37.1. The van der Waals surface area contributed by atoms with E-state index < -0.39 is 12.7 Å². The predicted octanol–water partition coefficient (Wildman–Crippen LogP) is 3.02. The van der Waals surface area contributed by atoms with E-state index in [0.717, 1.165) is 36.8 Å². The van der Waals surface area contributed by atoms with Crippen molar-refractivity contribution in [3.05, 3.63) is 24.0 Å². The Hall–Kier alpha value is -2.80. The summed E-state index contributed by atoms with van der Waals surface area (Å²) >= 11 is 0. The van der Waals surface area contributed by atoms with Gasteiger partial charge in [-0.25, -0.2) is 4.98 Å². The van der Waals surface area contributed by atoms with Crippen LogP contribution in [-0.4, -0.2) is 59.3 Å². The zero-order valence-electron chi connectivity index (χ0n) is 16.4. The minimum atomic E-state index is -4.19. The minimum Gasteiger partial charge on any atom is -0.349 e. The molecular formula is C20H23F3N6O. The number of nitriles is 1. The molecule has 2 aromatic heterocycles. The average molecular weight is 420 g/mol. The summed E-state index contributed by atoms with van der Waals surface area (Å²) in [4.78, 5) is 23.9. The van der Waals surface area contributed by atoms with Crippen molar-refractivity contribution >= 4 is 22.6 Å². The molecule has 4 rings (SSSR count). The Labute approximate surface area is 171 Å². The first-order chi connectivity index (χ1) is 14.4. The number of H-pyrrole nitrogens is 1. The highest BCUT2D eigenvalue weighted by Gasteiger charge is 2.36. The topological polar surface area (TPSA) is 88.1 Å². The van der Waals surface area contributed by atoms with E-state index in [-0.39, 0.29) is 24.4 Å². The number of carbonyl (C=O) groups excluding carboxylic acids is 1. The lowest BCUT2D eigenvalue weighted by molar-refractivity contribution is -0.125. The molecule has 1 amide bonds. The standard InChI is InChI=1S/C20H23F3N6O/c21-20(22,23)11-25-9-13-1-3-14(4-2-13)29-12-28(8-6-24)19(30)16-10-27-18-15(17(16)29)5-7-26-18/h5,7,10,13-14,25H,1-4,8-9,11-12H2,(H,26,27). The van der Waals surface area contributed by atoms with Crippen molar-refractivity contribution in [2.45, 2.75) is 37.9 Å². The summed E-state index contributed by atoms with van der Waals surface area (Å²) in [7, 11) is 0. The zero-order valence-corrected chi connectivity index (χ0v) is 16.4. The largest absolute Gasteiger partial charge is 0.401 e. The molecule has 160 valence electrons. The van der Waals surface area contributed by atoms with Crippen LogP contribution < -0.4 is 10.2 Å². The van der Waals surface area contributed by atoms with Crippen molar-refractivity contribution in [3.63, 3.8) is 0 Å². The van der Waals surface area contributed by atoms with Crippen molar-refractivity contribution in [2.24, 2.45) is 5.92 Å². The number of hydrogen-bond donors (Lipinski definition) is 2. The van der Waals surface area contributed by atoms with Crippen LogP contribution in [0.3, 0.4) is 0 Å². The van der Waals surface area contributed by atoms with Gasteiger partial charge in [0, 0.05) is 23.8 Å². The first kappa shape index (κ1) is 20.5. The average Bonchev–Trinajstić information content (AvgIpc) is 3.19. The molecule has 1 aliphatic carbocycles. The maximum absolute atomic E-state index is 12.8. The van der Waals surface area contributed by atoms with E-state index in [9.17, 15) is 18.0 Å². The van der Waals surface area contributed by atoms with Gasteiger partial charge in [0.25, 0.3) is 5.91 Å². The van der Waals surface area contributed by atoms with Crippen LogP contribution in [0.5, 0.6) is 0 Å². The van der Waals surface area contributed by atoms with Crippen molar-refractivity contribution in [1.82, 2.24) is 20.2 Å². The number of hydrogen-bond acceptors (Lipinski definition) is 5. The number of carbonyl (C=O) groups is 1. The number of anilines is 1. The van der Waals surface area contributed by atoms with Crippen LogP contribution in [-0.2, 0) is 0 Å². The summed E-state index contributed by atoms with van der Waals surface area (Å²) in [5.41, 5.74) is 2.02. The van der Waals surface area contributed by atoms with Gasteiger partial charge in [-0.05, 0) is 44.2 Å². The van der Waals surface area contributed by atoms with Gasteiger partial charge in [-0.3, -0.25) is 4.79 Å². The van der Waals surface area contributed by atoms with Crippen LogP contribution in [0.25, 0.3) is 11.0 Å². The normalized spacial score (nSPS) is 22.3. The summed E-state index contributed by atoms with van der Waals surface area (Å²) in [6, 6.07) is 4.10. The number of alkyl halides is 3. The number of nitrogens with zero attached hydrogens (tertiary/aromatic N) is 4. The summed E-state index contributed by atoms with van der Waals surface area (Å²) in [6.45, 7) is -0.286. The zero-order chi connectivity index (χ0) is 21.3. The lowest BCUT2D eigenvalue weighted by Crippen LogP contribution is -2.52. The van der Waals surface area contributed by atoms with Crippen LogP contribution in [0.15, 0.2) is 18.5 Å². The molecule has 30 heavy (non-hydrogen) atoms. The smallest absolute Gasteiger partial charge is 0.349 e. The monoisotopic (exact) mass is 420 g/mol. The molecule has 2 N–H and O–H groups in total. The Morgan fingerprint density at radius 1 is 1.30 bits per heavy atom. The molecule has 0 atom stereocenters. The first-order valence-electron chi connectivity index (χ1n) is 10.0. The first-order valence-corrected chi connectivity index (χ1v) is 10.0. The van der Waals surface area contributed by atoms with E-state index >= 15 is 0 Å². The van der Waals surface area contributed by atoms with Gasteiger partial charge in [-0.15, -0.1) is 0 Å². The van der Waals surface area contributed by atoms with E-state index in [4.69, 9.17) is 5.26 Å². The van der Waals surface area contributed by atoms with Crippen molar-refractivity contribution in [1.29, 1.82) is 5.26 Å². The molecule has 3 heterocycles. The summed E-state index contributed by atoms with van der Waals surface area (Å²) in [6.07, 6.45) is 2.41. The van der Waals surface area contributed by atoms with Crippen LogP contribution in [0.1, 0.15) is 36.0 Å². The molecule has 7 nitrogen and oxygen atoms in total. The number of rotatable bonds is 5. The van der Waals surface area contributed by atoms with E-state index in [1.54, 1.807) is 12.4 Å². The molecular weight excluding hydrogens is 397 g/mol. The fraction of sp³-hybridized carbons (Fsp3) is 0.550. The molecule has 0 aromatic carbocycles. The molecule has 0 radical (unpaired) electrons. The molecule has 1 fully saturated rings. The number of fused-ring (bicyclic) bond motifs is 3. The Balaban J connectivity index is 1.51. The van der Waals surface area contributed by atoms with E-state index in [1.165, 1.54) is 4.90 Å². The Morgan fingerprint density at radius 3 is 2.77 bits per heavy atom. The van der Waals surface area contributed by atoms with Crippen molar-refractivity contribution in [3.8, 4) is 6.07 Å². The maximum Gasteiger partial charge on any atom is 0.401 e. The number of pyridine rings is 1. The van der Waals surface area contributed by atoms with E-state index in [0.29, 0.717) is 24.4 Å². The lowest BCUT2D eigenvalue weighted by atomic mass is 9.84. The van der Waals surface area contributed by atoms with Crippen LogP contribution in [0, 0.1) is 17.2 Å². The predicted molar refractivity (Wildman–Crippen MR) is 105 cm³/mol. The highest BCUT2D eigenvalue weighted by molar-refractivity contribution is 6.08. The second-order valence-electron chi connectivity index (χ2n) is 7.95.